The average molecular weight is 335 g/mol. The maximum atomic E-state index is 12.0. The summed E-state index contributed by atoms with van der Waals surface area (Å²) in [6.45, 7) is 0.506. The minimum Gasteiger partial charge on any atom is -0.406 e. The second kappa shape index (κ2) is 8.19. The summed E-state index contributed by atoms with van der Waals surface area (Å²) >= 11 is 0. The van der Waals surface area contributed by atoms with Gasteiger partial charge in [0.1, 0.15) is 5.75 Å². The van der Waals surface area contributed by atoms with Crippen molar-refractivity contribution in [2.75, 3.05) is 6.54 Å². The lowest BCUT2D eigenvalue weighted by Gasteiger charge is -2.08. The van der Waals surface area contributed by atoms with Crippen molar-refractivity contribution in [1.29, 1.82) is 0 Å². The Morgan fingerprint density at radius 3 is 2.33 bits per heavy atom. The van der Waals surface area contributed by atoms with Crippen LogP contribution in [-0.2, 0) is 11.2 Å². The van der Waals surface area contributed by atoms with E-state index in [0.29, 0.717) is 12.1 Å². The Bertz CT molecular complexity index is 680. The van der Waals surface area contributed by atoms with Crippen LogP contribution in [-0.4, -0.2) is 18.8 Å². The molecular weight excluding hydrogens is 319 g/mol. The minimum absolute atomic E-state index is 0.262. The molecule has 2 aromatic carbocycles. The minimum atomic E-state index is -4.71. The summed E-state index contributed by atoms with van der Waals surface area (Å²) in [6, 6.07) is 15.0. The highest BCUT2D eigenvalue weighted by Crippen LogP contribution is 2.22. The van der Waals surface area contributed by atoms with E-state index in [2.05, 4.69) is 10.1 Å². The third-order valence-electron chi connectivity index (χ3n) is 3.10. The highest BCUT2D eigenvalue weighted by Gasteiger charge is 2.30. The molecule has 0 saturated carbocycles. The molecule has 1 amide bonds. The van der Waals surface area contributed by atoms with E-state index < -0.39 is 6.36 Å². The Hall–Kier alpha value is -2.76. The Balaban J connectivity index is 1.78. The van der Waals surface area contributed by atoms with Gasteiger partial charge in [-0.2, -0.15) is 0 Å². The van der Waals surface area contributed by atoms with E-state index in [1.807, 2.05) is 30.3 Å². The van der Waals surface area contributed by atoms with Crippen molar-refractivity contribution in [2.24, 2.45) is 0 Å². The number of rotatable bonds is 6. The first-order valence-electron chi connectivity index (χ1n) is 7.28. The summed E-state index contributed by atoms with van der Waals surface area (Å²) in [5, 5.41) is 2.74. The largest absolute Gasteiger partial charge is 0.573 e. The van der Waals surface area contributed by atoms with E-state index in [-0.39, 0.29) is 11.7 Å². The van der Waals surface area contributed by atoms with Crippen LogP contribution in [0.2, 0.25) is 0 Å². The number of ether oxygens (including phenoxy) is 1. The molecule has 0 aliphatic carbocycles. The molecule has 0 saturated heterocycles. The molecule has 0 spiro atoms. The molecule has 126 valence electrons. The predicted octanol–water partition coefficient (Wildman–Crippen LogP) is 3.96. The van der Waals surface area contributed by atoms with Crippen molar-refractivity contribution in [3.63, 3.8) is 0 Å². The number of hydrogen-bond acceptors (Lipinski definition) is 2. The second-order valence-corrected chi connectivity index (χ2v) is 4.98. The van der Waals surface area contributed by atoms with Gasteiger partial charge in [-0.15, -0.1) is 13.2 Å². The van der Waals surface area contributed by atoms with E-state index in [0.717, 1.165) is 12.0 Å². The fourth-order valence-corrected chi connectivity index (χ4v) is 1.99. The summed E-state index contributed by atoms with van der Waals surface area (Å²) in [4.78, 5) is 11.7. The molecule has 0 aromatic heterocycles. The van der Waals surface area contributed by atoms with Gasteiger partial charge in [-0.05, 0) is 35.8 Å². The lowest BCUT2D eigenvalue weighted by Crippen LogP contribution is -2.23. The SMILES string of the molecule is O=C(/C=C/c1ccc(OC(F)(F)F)cc1)NCCc1ccccc1. The molecule has 0 fully saturated rings. The zero-order valence-corrected chi connectivity index (χ0v) is 12.7. The highest BCUT2D eigenvalue weighted by atomic mass is 19.4. The van der Waals surface area contributed by atoms with E-state index in [1.165, 1.54) is 36.4 Å². The van der Waals surface area contributed by atoms with Crippen LogP contribution in [0.25, 0.3) is 6.08 Å². The Morgan fingerprint density at radius 1 is 1.04 bits per heavy atom. The third kappa shape index (κ3) is 6.56. The van der Waals surface area contributed by atoms with Crippen molar-refractivity contribution >= 4 is 12.0 Å². The molecule has 0 bridgehead atoms. The molecule has 0 unspecified atom stereocenters. The van der Waals surface area contributed by atoms with Gasteiger partial charge >= 0.3 is 6.36 Å². The highest BCUT2D eigenvalue weighted by molar-refractivity contribution is 5.91. The molecular formula is C18H16F3NO2. The van der Waals surface area contributed by atoms with Gasteiger partial charge in [0.25, 0.3) is 0 Å². The Morgan fingerprint density at radius 2 is 1.71 bits per heavy atom. The van der Waals surface area contributed by atoms with Crippen LogP contribution in [0.3, 0.4) is 0 Å². The van der Waals surface area contributed by atoms with Crippen LogP contribution in [0.15, 0.2) is 60.7 Å². The van der Waals surface area contributed by atoms with Gasteiger partial charge in [0, 0.05) is 12.6 Å². The molecule has 6 heteroatoms. The van der Waals surface area contributed by atoms with Crippen molar-refractivity contribution < 1.29 is 22.7 Å². The number of halogens is 3. The van der Waals surface area contributed by atoms with Crippen LogP contribution in [0, 0.1) is 0 Å². The molecule has 0 atom stereocenters. The van der Waals surface area contributed by atoms with Gasteiger partial charge in [0.15, 0.2) is 0 Å². The first-order chi connectivity index (χ1) is 11.4. The van der Waals surface area contributed by atoms with Crippen LogP contribution >= 0.6 is 0 Å². The number of alkyl halides is 3. The number of hydrogen-bond donors (Lipinski definition) is 1. The van der Waals surface area contributed by atoms with Gasteiger partial charge in [-0.1, -0.05) is 42.5 Å². The molecule has 0 aliphatic heterocycles. The number of amides is 1. The van der Waals surface area contributed by atoms with Crippen LogP contribution in [0.5, 0.6) is 5.75 Å². The lowest BCUT2D eigenvalue weighted by atomic mass is 10.1. The quantitative estimate of drug-likeness (QED) is 0.812. The molecule has 24 heavy (non-hydrogen) atoms. The molecule has 1 N–H and O–H groups in total. The van der Waals surface area contributed by atoms with Gasteiger partial charge in [-0.25, -0.2) is 0 Å². The fraction of sp³-hybridized carbons (Fsp3) is 0.167. The first-order valence-corrected chi connectivity index (χ1v) is 7.28. The Labute approximate surface area is 137 Å². The van der Waals surface area contributed by atoms with Gasteiger partial charge in [0.2, 0.25) is 5.91 Å². The normalized spacial score (nSPS) is 11.5. The monoisotopic (exact) mass is 335 g/mol. The number of carbonyl (C=O) groups excluding carboxylic acids is 1. The standard InChI is InChI=1S/C18H16F3NO2/c19-18(20,21)24-16-9-6-15(7-10-16)8-11-17(23)22-13-12-14-4-2-1-3-5-14/h1-11H,12-13H2,(H,22,23)/b11-8+. The summed E-state index contributed by atoms with van der Waals surface area (Å²) in [5.41, 5.74) is 1.73. The van der Waals surface area contributed by atoms with Crippen LogP contribution < -0.4 is 10.1 Å². The van der Waals surface area contributed by atoms with Crippen molar-refractivity contribution in [3.8, 4) is 5.75 Å². The number of benzene rings is 2. The maximum Gasteiger partial charge on any atom is 0.573 e. The van der Waals surface area contributed by atoms with E-state index in [1.54, 1.807) is 0 Å². The molecule has 0 heterocycles. The van der Waals surface area contributed by atoms with Gasteiger partial charge in [-0.3, -0.25) is 4.79 Å². The second-order valence-electron chi connectivity index (χ2n) is 4.98. The lowest BCUT2D eigenvalue weighted by molar-refractivity contribution is -0.274. The fourth-order valence-electron chi connectivity index (χ4n) is 1.99. The number of nitrogens with one attached hydrogen (secondary N) is 1. The maximum absolute atomic E-state index is 12.0. The topological polar surface area (TPSA) is 38.3 Å². The van der Waals surface area contributed by atoms with E-state index in [9.17, 15) is 18.0 Å². The molecule has 2 rings (SSSR count). The summed E-state index contributed by atoms with van der Waals surface area (Å²) in [6.07, 6.45) is -1.13. The smallest absolute Gasteiger partial charge is 0.406 e. The van der Waals surface area contributed by atoms with Crippen molar-refractivity contribution in [1.82, 2.24) is 5.32 Å². The van der Waals surface area contributed by atoms with Crippen molar-refractivity contribution in [2.45, 2.75) is 12.8 Å². The zero-order chi connectivity index (χ0) is 17.4. The van der Waals surface area contributed by atoms with Crippen LogP contribution in [0.1, 0.15) is 11.1 Å². The van der Waals surface area contributed by atoms with Crippen LogP contribution in [0.4, 0.5) is 13.2 Å². The van der Waals surface area contributed by atoms with Gasteiger partial charge in [0.05, 0.1) is 0 Å². The number of carbonyl (C=O) groups is 1. The van der Waals surface area contributed by atoms with E-state index in [4.69, 9.17) is 0 Å². The molecule has 3 nitrogen and oxygen atoms in total. The Kier molecular flexibility index (Phi) is 6.01. The summed E-state index contributed by atoms with van der Waals surface area (Å²) < 4.78 is 39.9. The average Bonchev–Trinajstić information content (AvgIpc) is 2.54. The van der Waals surface area contributed by atoms with Crippen molar-refractivity contribution in [3.05, 3.63) is 71.8 Å². The molecule has 2 aromatic rings. The van der Waals surface area contributed by atoms with Gasteiger partial charge < -0.3 is 10.1 Å². The van der Waals surface area contributed by atoms with E-state index >= 15 is 0 Å². The summed E-state index contributed by atoms with van der Waals surface area (Å²) in [7, 11) is 0. The zero-order valence-electron chi connectivity index (χ0n) is 12.7. The molecule has 0 radical (unpaired) electrons. The predicted molar refractivity (Wildman–Crippen MR) is 85.3 cm³/mol. The summed E-state index contributed by atoms with van der Waals surface area (Å²) in [5.74, 6) is -0.562. The first kappa shape index (κ1) is 17.6. The third-order valence-corrected chi connectivity index (χ3v) is 3.10. The molecule has 0 aliphatic rings.